The maximum Gasteiger partial charge on any atom is 0.371 e. The number of benzene rings is 1. The number of nitrogens with two attached hydrogens (primary N) is 1. The molecule has 2 rings (SSSR count). The van der Waals surface area contributed by atoms with Crippen molar-refractivity contribution in [1.29, 1.82) is 0 Å². The fraction of sp³-hybridized carbons (Fsp3) is 0.214. The maximum absolute atomic E-state index is 10.8. The number of ether oxygens (including phenoxy) is 1. The van der Waals surface area contributed by atoms with E-state index in [1.807, 2.05) is 13.0 Å². The second-order valence-corrected chi connectivity index (χ2v) is 5.55. The Bertz CT molecular complexity index is 623. The molecule has 1 aromatic heterocycles. The zero-order valence-corrected chi connectivity index (χ0v) is 11.9. The van der Waals surface area contributed by atoms with Crippen LogP contribution in [0, 0.1) is 0 Å². The van der Waals surface area contributed by atoms with Crippen molar-refractivity contribution in [3.63, 3.8) is 0 Å². The number of anilines is 1. The van der Waals surface area contributed by atoms with Crippen molar-refractivity contribution in [2.75, 3.05) is 12.8 Å². The van der Waals surface area contributed by atoms with Gasteiger partial charge in [-0.25, -0.2) is 4.79 Å². The van der Waals surface area contributed by atoms with Gasteiger partial charge in [0.1, 0.15) is 11.5 Å². The Morgan fingerprint density at radius 2 is 2.15 bits per heavy atom. The summed E-state index contributed by atoms with van der Waals surface area (Å²) in [6.45, 7) is 1.92. The standard InChI is InChI=1S/C14H15NO4S/c1-8(11-5-6-12(19-11)14(16)17)20-13-7-9(18-2)3-4-10(13)15/h3-8H,15H2,1-2H3,(H,16,17). The summed E-state index contributed by atoms with van der Waals surface area (Å²) in [5, 5.41) is 8.79. The van der Waals surface area contributed by atoms with Crippen LogP contribution in [0.2, 0.25) is 0 Å². The minimum atomic E-state index is -1.07. The maximum atomic E-state index is 10.8. The largest absolute Gasteiger partial charge is 0.497 e. The summed E-state index contributed by atoms with van der Waals surface area (Å²) >= 11 is 1.49. The molecule has 6 heteroatoms. The molecule has 5 nitrogen and oxygen atoms in total. The third kappa shape index (κ3) is 3.08. The van der Waals surface area contributed by atoms with E-state index in [0.717, 1.165) is 10.6 Å². The predicted molar refractivity (Wildman–Crippen MR) is 77.3 cm³/mol. The minimum absolute atomic E-state index is 0.0579. The van der Waals surface area contributed by atoms with E-state index in [2.05, 4.69) is 0 Å². The molecule has 106 valence electrons. The van der Waals surface area contributed by atoms with Gasteiger partial charge in [-0.3, -0.25) is 0 Å². The number of thioether (sulfide) groups is 1. The first-order valence-electron chi connectivity index (χ1n) is 5.94. The van der Waals surface area contributed by atoms with Crippen LogP contribution in [-0.2, 0) is 0 Å². The van der Waals surface area contributed by atoms with E-state index in [0.29, 0.717) is 11.4 Å². The summed E-state index contributed by atoms with van der Waals surface area (Å²) in [6.07, 6.45) is 0. The molecule has 0 amide bonds. The fourth-order valence-corrected chi connectivity index (χ4v) is 2.69. The molecule has 3 N–H and O–H groups in total. The van der Waals surface area contributed by atoms with Crippen LogP contribution in [-0.4, -0.2) is 18.2 Å². The van der Waals surface area contributed by atoms with Crippen LogP contribution < -0.4 is 10.5 Å². The lowest BCUT2D eigenvalue weighted by molar-refractivity contribution is 0.0660. The van der Waals surface area contributed by atoms with E-state index in [9.17, 15) is 4.79 Å². The summed E-state index contributed by atoms with van der Waals surface area (Å²) in [5.41, 5.74) is 6.57. The first-order chi connectivity index (χ1) is 9.51. The number of carboxylic acids is 1. The lowest BCUT2D eigenvalue weighted by Gasteiger charge is -2.11. The van der Waals surface area contributed by atoms with Crippen molar-refractivity contribution in [3.05, 3.63) is 41.9 Å². The van der Waals surface area contributed by atoms with Gasteiger partial charge in [0, 0.05) is 10.6 Å². The molecule has 0 saturated carbocycles. The zero-order chi connectivity index (χ0) is 14.7. The number of rotatable bonds is 5. The lowest BCUT2D eigenvalue weighted by Crippen LogP contribution is -1.94. The first-order valence-corrected chi connectivity index (χ1v) is 6.82. The molecule has 0 aliphatic heterocycles. The van der Waals surface area contributed by atoms with Crippen molar-refractivity contribution >= 4 is 23.4 Å². The molecule has 2 aromatic rings. The average molecular weight is 293 g/mol. The van der Waals surface area contributed by atoms with Gasteiger partial charge in [-0.1, -0.05) is 0 Å². The number of furan rings is 1. The minimum Gasteiger partial charge on any atom is -0.497 e. The van der Waals surface area contributed by atoms with Crippen LogP contribution in [0.4, 0.5) is 5.69 Å². The molecular weight excluding hydrogens is 278 g/mol. The number of carboxylic acid groups (broad SMARTS) is 1. The smallest absolute Gasteiger partial charge is 0.371 e. The highest BCUT2D eigenvalue weighted by Gasteiger charge is 2.16. The third-order valence-corrected chi connectivity index (χ3v) is 3.96. The van der Waals surface area contributed by atoms with Gasteiger partial charge in [-0.05, 0) is 37.3 Å². The number of aromatic carboxylic acids is 1. The SMILES string of the molecule is COc1ccc(N)c(SC(C)c2ccc(C(=O)O)o2)c1. The molecule has 1 aromatic carbocycles. The number of nitrogen functional groups attached to an aromatic ring is 1. The van der Waals surface area contributed by atoms with Crippen molar-refractivity contribution in [1.82, 2.24) is 0 Å². The Morgan fingerprint density at radius 3 is 2.75 bits per heavy atom. The van der Waals surface area contributed by atoms with Crippen LogP contribution in [0.1, 0.15) is 28.5 Å². The van der Waals surface area contributed by atoms with E-state index in [1.54, 1.807) is 25.3 Å². The van der Waals surface area contributed by atoms with Gasteiger partial charge in [0.25, 0.3) is 0 Å². The molecule has 0 radical (unpaired) electrons. The summed E-state index contributed by atoms with van der Waals surface area (Å²) in [6, 6.07) is 8.52. The molecule has 0 spiro atoms. The lowest BCUT2D eigenvalue weighted by atomic mass is 10.3. The average Bonchev–Trinajstić information content (AvgIpc) is 2.91. The molecular formula is C14H15NO4S. The Balaban J connectivity index is 2.18. The Labute approximate surface area is 120 Å². The normalized spacial score (nSPS) is 12.1. The van der Waals surface area contributed by atoms with Gasteiger partial charge >= 0.3 is 5.97 Å². The highest BCUT2D eigenvalue weighted by Crippen LogP contribution is 2.39. The van der Waals surface area contributed by atoms with Gasteiger partial charge in [-0.15, -0.1) is 11.8 Å². The van der Waals surface area contributed by atoms with E-state index in [-0.39, 0.29) is 11.0 Å². The summed E-state index contributed by atoms with van der Waals surface area (Å²) in [4.78, 5) is 11.7. The van der Waals surface area contributed by atoms with E-state index in [1.165, 1.54) is 17.8 Å². The van der Waals surface area contributed by atoms with Crippen molar-refractivity contribution in [3.8, 4) is 5.75 Å². The van der Waals surface area contributed by atoms with E-state index in [4.69, 9.17) is 20.0 Å². The van der Waals surface area contributed by atoms with Crippen LogP contribution in [0.3, 0.4) is 0 Å². The monoisotopic (exact) mass is 293 g/mol. The van der Waals surface area contributed by atoms with E-state index < -0.39 is 5.97 Å². The molecule has 20 heavy (non-hydrogen) atoms. The van der Waals surface area contributed by atoms with Crippen LogP contribution in [0.5, 0.6) is 5.75 Å². The van der Waals surface area contributed by atoms with Gasteiger partial charge in [-0.2, -0.15) is 0 Å². The molecule has 0 bridgehead atoms. The van der Waals surface area contributed by atoms with Crippen LogP contribution in [0.15, 0.2) is 39.6 Å². The Morgan fingerprint density at radius 1 is 1.40 bits per heavy atom. The number of carbonyl (C=O) groups is 1. The van der Waals surface area contributed by atoms with Gasteiger partial charge in [0.2, 0.25) is 5.76 Å². The predicted octanol–water partition coefficient (Wildman–Crippen LogP) is 3.42. The molecule has 0 saturated heterocycles. The van der Waals surface area contributed by atoms with Gasteiger partial charge in [0.05, 0.1) is 12.4 Å². The highest BCUT2D eigenvalue weighted by molar-refractivity contribution is 7.99. The summed E-state index contributed by atoms with van der Waals surface area (Å²) < 4.78 is 10.4. The third-order valence-electron chi connectivity index (χ3n) is 2.76. The molecule has 0 aliphatic carbocycles. The zero-order valence-electron chi connectivity index (χ0n) is 11.1. The fourth-order valence-electron chi connectivity index (χ4n) is 1.68. The second-order valence-electron chi connectivity index (χ2n) is 4.17. The second kappa shape index (κ2) is 5.92. The Kier molecular flexibility index (Phi) is 4.24. The van der Waals surface area contributed by atoms with Crippen LogP contribution in [0.25, 0.3) is 0 Å². The number of hydrogen-bond donors (Lipinski definition) is 2. The van der Waals surface area contributed by atoms with Crippen molar-refractivity contribution < 1.29 is 19.1 Å². The molecule has 1 heterocycles. The number of hydrogen-bond acceptors (Lipinski definition) is 5. The summed E-state index contributed by atoms with van der Waals surface area (Å²) in [5.74, 6) is 0.176. The van der Waals surface area contributed by atoms with Crippen LogP contribution >= 0.6 is 11.8 Å². The van der Waals surface area contributed by atoms with Gasteiger partial charge < -0.3 is 20.0 Å². The highest BCUT2D eigenvalue weighted by atomic mass is 32.2. The van der Waals surface area contributed by atoms with Crippen molar-refractivity contribution in [2.45, 2.75) is 17.1 Å². The molecule has 1 atom stereocenters. The first kappa shape index (κ1) is 14.3. The summed E-state index contributed by atoms with van der Waals surface area (Å²) in [7, 11) is 1.59. The Hall–Kier alpha value is -2.08. The van der Waals surface area contributed by atoms with Crippen molar-refractivity contribution in [2.24, 2.45) is 0 Å². The topological polar surface area (TPSA) is 85.7 Å². The quantitative estimate of drug-likeness (QED) is 0.649. The van der Waals surface area contributed by atoms with Gasteiger partial charge in [0.15, 0.2) is 0 Å². The molecule has 0 fully saturated rings. The number of methoxy groups -OCH3 is 1. The molecule has 0 aliphatic rings. The van der Waals surface area contributed by atoms with E-state index >= 15 is 0 Å². The molecule has 1 unspecified atom stereocenters.